The predicted molar refractivity (Wildman–Crippen MR) is 121 cm³/mol. The van der Waals surface area contributed by atoms with Crippen LogP contribution in [-0.2, 0) is 19.7 Å². The van der Waals surface area contributed by atoms with Crippen molar-refractivity contribution in [3.8, 4) is 0 Å². The molecule has 0 aromatic heterocycles. The van der Waals surface area contributed by atoms with Gasteiger partial charge in [0, 0.05) is 26.2 Å². The van der Waals surface area contributed by atoms with Gasteiger partial charge in [0.25, 0.3) is 0 Å². The molecule has 2 heterocycles. The maximum absolute atomic E-state index is 13.1. The van der Waals surface area contributed by atoms with Crippen molar-refractivity contribution in [1.29, 1.82) is 0 Å². The van der Waals surface area contributed by atoms with Gasteiger partial charge in [-0.25, -0.2) is 0 Å². The van der Waals surface area contributed by atoms with E-state index in [0.29, 0.717) is 13.2 Å². The van der Waals surface area contributed by atoms with E-state index in [4.69, 9.17) is 15.2 Å². The molecule has 1 amide bonds. The highest BCUT2D eigenvalue weighted by Crippen LogP contribution is 2.43. The number of carbonyl (C=O) groups is 1. The van der Waals surface area contributed by atoms with E-state index in [0.717, 1.165) is 50.3 Å². The fraction of sp³-hybridized carbons (Fsp3) is 0.480. The molecule has 166 valence electrons. The number of primary amides is 1. The first-order chi connectivity index (χ1) is 15.1. The molecule has 0 spiro atoms. The Morgan fingerprint density at radius 2 is 1.65 bits per heavy atom. The number of ether oxygens (including phenoxy) is 2. The van der Waals surface area contributed by atoms with Gasteiger partial charge in [-0.1, -0.05) is 60.7 Å². The van der Waals surface area contributed by atoms with E-state index in [1.807, 2.05) is 60.7 Å². The molecule has 6 heteroatoms. The molecule has 1 atom stereocenters. The van der Waals surface area contributed by atoms with Crippen molar-refractivity contribution in [2.24, 2.45) is 11.7 Å². The molecule has 0 bridgehead atoms. The van der Waals surface area contributed by atoms with Crippen molar-refractivity contribution >= 4 is 5.91 Å². The number of amides is 1. The molecule has 2 N–H and O–H groups in total. The second kappa shape index (κ2) is 9.92. The zero-order valence-corrected chi connectivity index (χ0v) is 18.3. The number of likely N-dealkylation sites (tertiary alicyclic amines) is 1. The van der Waals surface area contributed by atoms with Crippen molar-refractivity contribution < 1.29 is 14.3 Å². The molecule has 2 aliphatic rings. The first kappa shape index (κ1) is 22.0. The van der Waals surface area contributed by atoms with Gasteiger partial charge in [-0.05, 0) is 37.1 Å². The summed E-state index contributed by atoms with van der Waals surface area (Å²) in [5.41, 5.74) is 7.32. The highest BCUT2D eigenvalue weighted by Gasteiger charge is 2.49. The Bertz CT molecular complexity index is 800. The van der Waals surface area contributed by atoms with E-state index in [1.54, 1.807) is 0 Å². The first-order valence-electron chi connectivity index (χ1n) is 11.2. The molecule has 2 fully saturated rings. The van der Waals surface area contributed by atoms with Gasteiger partial charge < -0.3 is 25.0 Å². The third-order valence-corrected chi connectivity index (χ3v) is 6.68. The van der Waals surface area contributed by atoms with Crippen LogP contribution < -0.4 is 5.73 Å². The lowest BCUT2D eigenvalue weighted by molar-refractivity contribution is -0.123. The van der Waals surface area contributed by atoms with Crippen LogP contribution >= 0.6 is 0 Å². The van der Waals surface area contributed by atoms with Gasteiger partial charge in [0.15, 0.2) is 6.29 Å². The molecule has 2 aliphatic heterocycles. The molecule has 6 nitrogen and oxygen atoms in total. The summed E-state index contributed by atoms with van der Waals surface area (Å²) >= 11 is 0. The maximum atomic E-state index is 13.1. The highest BCUT2D eigenvalue weighted by atomic mass is 16.7. The van der Waals surface area contributed by atoms with Crippen LogP contribution in [0.25, 0.3) is 0 Å². The lowest BCUT2D eigenvalue weighted by Crippen LogP contribution is -2.49. The van der Waals surface area contributed by atoms with E-state index in [2.05, 4.69) is 16.8 Å². The van der Waals surface area contributed by atoms with Gasteiger partial charge in [-0.3, -0.25) is 4.79 Å². The molecule has 2 aromatic carbocycles. The van der Waals surface area contributed by atoms with Gasteiger partial charge in [0.05, 0.1) is 13.2 Å². The number of hydrogen-bond acceptors (Lipinski definition) is 5. The molecule has 2 aromatic rings. The smallest absolute Gasteiger partial charge is 0.232 e. The van der Waals surface area contributed by atoms with Crippen LogP contribution in [0.3, 0.4) is 0 Å². The van der Waals surface area contributed by atoms with Crippen LogP contribution in [0.1, 0.15) is 17.5 Å². The molecule has 0 saturated carbocycles. The highest BCUT2D eigenvalue weighted by molar-refractivity contribution is 5.91. The fourth-order valence-corrected chi connectivity index (χ4v) is 5.09. The lowest BCUT2D eigenvalue weighted by atomic mass is 9.64. The van der Waals surface area contributed by atoms with Gasteiger partial charge >= 0.3 is 0 Å². The zero-order valence-electron chi connectivity index (χ0n) is 18.3. The van der Waals surface area contributed by atoms with Gasteiger partial charge in [0.1, 0.15) is 5.41 Å². The Morgan fingerprint density at radius 3 is 2.19 bits per heavy atom. The third kappa shape index (κ3) is 4.67. The summed E-state index contributed by atoms with van der Waals surface area (Å²) in [4.78, 5) is 17.8. The monoisotopic (exact) mass is 423 g/mol. The number of likely N-dealkylation sites (N-methyl/N-ethyl adjacent to an activating group) is 1. The maximum Gasteiger partial charge on any atom is 0.232 e. The minimum Gasteiger partial charge on any atom is -0.369 e. The van der Waals surface area contributed by atoms with Gasteiger partial charge in [0.2, 0.25) is 5.91 Å². The third-order valence-electron chi connectivity index (χ3n) is 6.68. The minimum atomic E-state index is -0.825. The quantitative estimate of drug-likeness (QED) is 0.669. The standard InChI is InChI=1S/C25H33N3O3/c1-27(19-23-30-16-17-31-23)14-15-28-13-12-22(18-28)25(24(26)29,20-8-4-2-5-9-20)21-10-6-3-7-11-21/h2-11,22-23H,12-19H2,1H3,(H2,26,29). The van der Waals surface area contributed by atoms with Crippen LogP contribution in [0.15, 0.2) is 60.7 Å². The van der Waals surface area contributed by atoms with Crippen molar-refractivity contribution in [3.05, 3.63) is 71.8 Å². The normalized spacial score (nSPS) is 20.5. The summed E-state index contributed by atoms with van der Waals surface area (Å²) in [6, 6.07) is 20.1. The molecular weight excluding hydrogens is 390 g/mol. The Labute approximate surface area is 184 Å². The molecule has 1 unspecified atom stereocenters. The van der Waals surface area contributed by atoms with E-state index in [-0.39, 0.29) is 18.1 Å². The number of rotatable bonds is 9. The summed E-state index contributed by atoms with van der Waals surface area (Å²) in [7, 11) is 2.10. The number of benzene rings is 2. The van der Waals surface area contributed by atoms with E-state index < -0.39 is 5.41 Å². The summed E-state index contributed by atoms with van der Waals surface area (Å²) < 4.78 is 11.1. The topological polar surface area (TPSA) is 68.0 Å². The Morgan fingerprint density at radius 1 is 1.06 bits per heavy atom. The Hall–Kier alpha value is -2.25. The SMILES string of the molecule is CN(CCN1CCC(C(C(N)=O)(c2ccccc2)c2ccccc2)C1)CC1OCCO1. The fourth-order valence-electron chi connectivity index (χ4n) is 5.09. The molecular formula is C25H33N3O3. The summed E-state index contributed by atoms with van der Waals surface area (Å²) in [5, 5.41) is 0. The van der Waals surface area contributed by atoms with Crippen LogP contribution in [0.2, 0.25) is 0 Å². The molecule has 4 rings (SSSR count). The van der Waals surface area contributed by atoms with Crippen molar-refractivity contribution in [1.82, 2.24) is 9.80 Å². The van der Waals surface area contributed by atoms with Crippen LogP contribution in [0.5, 0.6) is 0 Å². The van der Waals surface area contributed by atoms with Crippen molar-refractivity contribution in [2.45, 2.75) is 18.1 Å². The molecule has 2 saturated heterocycles. The lowest BCUT2D eigenvalue weighted by Gasteiger charge is -2.37. The number of hydrogen-bond donors (Lipinski definition) is 1. The zero-order chi connectivity index (χ0) is 21.7. The van der Waals surface area contributed by atoms with Crippen molar-refractivity contribution in [3.63, 3.8) is 0 Å². The number of nitrogens with zero attached hydrogens (tertiary/aromatic N) is 2. The second-order valence-electron chi connectivity index (χ2n) is 8.62. The largest absolute Gasteiger partial charge is 0.369 e. The average Bonchev–Trinajstić information content (AvgIpc) is 3.47. The Kier molecular flexibility index (Phi) is 7.02. The average molecular weight is 424 g/mol. The van der Waals surface area contributed by atoms with E-state index in [9.17, 15) is 4.79 Å². The second-order valence-corrected chi connectivity index (χ2v) is 8.62. The Balaban J connectivity index is 1.50. The van der Waals surface area contributed by atoms with Crippen LogP contribution in [0, 0.1) is 5.92 Å². The van der Waals surface area contributed by atoms with Gasteiger partial charge in [-0.15, -0.1) is 0 Å². The minimum absolute atomic E-state index is 0.116. The summed E-state index contributed by atoms with van der Waals surface area (Å²) in [6.07, 6.45) is 0.820. The number of carbonyl (C=O) groups excluding carboxylic acids is 1. The summed E-state index contributed by atoms with van der Waals surface area (Å²) in [5.74, 6) is -0.147. The van der Waals surface area contributed by atoms with Crippen LogP contribution in [0.4, 0.5) is 0 Å². The van der Waals surface area contributed by atoms with Gasteiger partial charge in [-0.2, -0.15) is 0 Å². The summed E-state index contributed by atoms with van der Waals surface area (Å²) in [6.45, 7) is 5.81. The number of nitrogens with two attached hydrogens (primary N) is 1. The van der Waals surface area contributed by atoms with E-state index >= 15 is 0 Å². The first-order valence-corrected chi connectivity index (χ1v) is 11.2. The van der Waals surface area contributed by atoms with E-state index in [1.165, 1.54) is 0 Å². The molecule has 0 radical (unpaired) electrons. The molecule has 31 heavy (non-hydrogen) atoms. The molecule has 0 aliphatic carbocycles. The predicted octanol–water partition coefficient (Wildman–Crippen LogP) is 2.08. The van der Waals surface area contributed by atoms with Crippen molar-refractivity contribution in [2.75, 3.05) is 53.0 Å². The van der Waals surface area contributed by atoms with Crippen LogP contribution in [-0.4, -0.2) is 75.0 Å².